The molecule has 6 heteroatoms. The molecule has 0 N–H and O–H groups in total. The van der Waals surface area contributed by atoms with Gasteiger partial charge in [-0.15, -0.1) is 0 Å². The first-order valence-electron chi connectivity index (χ1n) is 4.58. The van der Waals surface area contributed by atoms with Crippen LogP contribution in [0, 0.1) is 0 Å². The lowest BCUT2D eigenvalue weighted by molar-refractivity contribution is -0.139. The van der Waals surface area contributed by atoms with Crippen molar-refractivity contribution in [1.82, 2.24) is 4.31 Å². The summed E-state index contributed by atoms with van der Waals surface area (Å²) in [6.07, 6.45) is 0. The maximum atomic E-state index is 11.3. The maximum absolute atomic E-state index is 11.3. The lowest BCUT2D eigenvalue weighted by Gasteiger charge is -2.15. The van der Waals surface area contributed by atoms with Crippen molar-refractivity contribution in [2.75, 3.05) is 26.0 Å². The third kappa shape index (κ3) is 4.94. The van der Waals surface area contributed by atoms with Crippen LogP contribution in [0.25, 0.3) is 0 Å². The fourth-order valence-corrected chi connectivity index (χ4v) is 1.54. The van der Waals surface area contributed by atoms with Gasteiger partial charge in [0.2, 0.25) is 10.0 Å². The minimum Gasteiger partial charge on any atom is -0.461 e. The first kappa shape index (κ1) is 14.1. The van der Waals surface area contributed by atoms with Crippen LogP contribution in [0.5, 0.6) is 0 Å². The first-order chi connectivity index (χ1) is 6.81. The van der Waals surface area contributed by atoms with Gasteiger partial charge in [-0.2, -0.15) is 0 Å². The normalized spacial score (nSPS) is 11.5. The van der Waals surface area contributed by atoms with E-state index in [1.807, 2.05) is 0 Å². The van der Waals surface area contributed by atoms with Crippen molar-refractivity contribution in [2.24, 2.45) is 0 Å². The fraction of sp³-hybridized carbons (Fsp3) is 0.667. The molecule has 0 aliphatic heterocycles. The zero-order valence-corrected chi connectivity index (χ0v) is 10.1. The van der Waals surface area contributed by atoms with Gasteiger partial charge in [0.15, 0.2) is 0 Å². The van der Waals surface area contributed by atoms with Crippen molar-refractivity contribution in [3.8, 4) is 0 Å². The Morgan fingerprint density at radius 3 is 2.40 bits per heavy atom. The Hall–Kier alpha value is -0.880. The highest BCUT2D eigenvalue weighted by Gasteiger charge is 2.15. The lowest BCUT2D eigenvalue weighted by Crippen LogP contribution is -2.32. The van der Waals surface area contributed by atoms with Crippen LogP contribution in [-0.4, -0.2) is 44.6 Å². The summed E-state index contributed by atoms with van der Waals surface area (Å²) < 4.78 is 28.5. The monoisotopic (exact) mass is 235 g/mol. The van der Waals surface area contributed by atoms with E-state index in [9.17, 15) is 13.2 Å². The summed E-state index contributed by atoms with van der Waals surface area (Å²) in [5, 5.41) is 0. The van der Waals surface area contributed by atoms with Crippen molar-refractivity contribution in [2.45, 2.75) is 13.8 Å². The average Bonchev–Trinajstić information content (AvgIpc) is 2.17. The highest BCUT2D eigenvalue weighted by atomic mass is 32.2. The number of hydrogen-bond donors (Lipinski definition) is 0. The molecule has 0 aliphatic carbocycles. The molecule has 0 aromatic carbocycles. The number of likely N-dealkylation sites (N-methyl/N-ethyl adjacent to an activating group) is 1. The summed E-state index contributed by atoms with van der Waals surface area (Å²) in [4.78, 5) is 11.0. The smallest absolute Gasteiger partial charge is 0.333 e. The van der Waals surface area contributed by atoms with Gasteiger partial charge in [0, 0.05) is 19.2 Å². The largest absolute Gasteiger partial charge is 0.461 e. The van der Waals surface area contributed by atoms with Crippen LogP contribution in [-0.2, 0) is 19.6 Å². The fourth-order valence-electron chi connectivity index (χ4n) is 0.750. The average molecular weight is 235 g/mol. The number of carbonyl (C=O) groups excluding carboxylic acids is 1. The molecule has 0 fully saturated rings. The van der Waals surface area contributed by atoms with Crippen LogP contribution in [0.15, 0.2) is 12.2 Å². The molecule has 0 rings (SSSR count). The van der Waals surface area contributed by atoms with Crippen molar-refractivity contribution < 1.29 is 17.9 Å². The first-order valence-corrected chi connectivity index (χ1v) is 6.18. The number of ether oxygens (including phenoxy) is 1. The molecule has 5 nitrogen and oxygen atoms in total. The number of rotatable bonds is 6. The summed E-state index contributed by atoms with van der Waals surface area (Å²) in [5.41, 5.74) is 0.302. The second kappa shape index (κ2) is 5.87. The maximum Gasteiger partial charge on any atom is 0.333 e. The number of sulfonamides is 1. The number of hydrogen-bond acceptors (Lipinski definition) is 4. The number of nitrogens with zero attached hydrogens (tertiary/aromatic N) is 1. The second-order valence-electron chi connectivity index (χ2n) is 3.14. The van der Waals surface area contributed by atoms with Gasteiger partial charge >= 0.3 is 5.97 Å². The van der Waals surface area contributed by atoms with E-state index < -0.39 is 16.0 Å². The molecule has 0 heterocycles. The van der Waals surface area contributed by atoms with Crippen LogP contribution in [0.3, 0.4) is 0 Å². The molecule has 15 heavy (non-hydrogen) atoms. The van der Waals surface area contributed by atoms with E-state index in [0.29, 0.717) is 5.57 Å². The third-order valence-corrected chi connectivity index (χ3v) is 3.69. The standard InChI is InChI=1S/C9H17NO4S/c1-5-15(12,13)10(4)6-7-14-9(11)8(2)3/h2,5-7H2,1,3-4H3. The highest BCUT2D eigenvalue weighted by molar-refractivity contribution is 7.89. The molecule has 0 saturated carbocycles. The zero-order chi connectivity index (χ0) is 12.1. The van der Waals surface area contributed by atoms with Crippen LogP contribution < -0.4 is 0 Å². The van der Waals surface area contributed by atoms with Gasteiger partial charge in [-0.05, 0) is 13.8 Å². The van der Waals surface area contributed by atoms with Crippen LogP contribution in [0.1, 0.15) is 13.8 Å². The molecule has 0 aromatic heterocycles. The van der Waals surface area contributed by atoms with E-state index in [1.165, 1.54) is 18.3 Å². The van der Waals surface area contributed by atoms with Crippen LogP contribution >= 0.6 is 0 Å². The number of carbonyl (C=O) groups is 1. The predicted molar refractivity (Wildman–Crippen MR) is 57.9 cm³/mol. The molecule has 0 saturated heterocycles. The highest BCUT2D eigenvalue weighted by Crippen LogP contribution is 1.98. The Labute approximate surface area is 90.8 Å². The topological polar surface area (TPSA) is 63.7 Å². The Balaban J connectivity index is 3.99. The quantitative estimate of drug-likeness (QED) is 0.493. The Morgan fingerprint density at radius 2 is 2.00 bits per heavy atom. The molecule has 0 bridgehead atoms. The van der Waals surface area contributed by atoms with Gasteiger partial charge < -0.3 is 4.74 Å². The van der Waals surface area contributed by atoms with Crippen molar-refractivity contribution in [1.29, 1.82) is 0 Å². The van der Waals surface area contributed by atoms with E-state index in [0.717, 1.165) is 0 Å². The lowest BCUT2D eigenvalue weighted by atomic mass is 10.4. The predicted octanol–water partition coefficient (Wildman–Crippen LogP) is 0.387. The molecule has 0 aliphatic rings. The molecular formula is C9H17NO4S. The van der Waals surface area contributed by atoms with Gasteiger partial charge in [-0.1, -0.05) is 6.58 Å². The summed E-state index contributed by atoms with van der Waals surface area (Å²) >= 11 is 0. The van der Waals surface area contributed by atoms with Crippen molar-refractivity contribution in [3.63, 3.8) is 0 Å². The molecule has 0 aromatic rings. The van der Waals surface area contributed by atoms with Gasteiger partial charge in [0.1, 0.15) is 6.61 Å². The van der Waals surface area contributed by atoms with Crippen LogP contribution in [0.4, 0.5) is 0 Å². The molecule has 0 radical (unpaired) electrons. The van der Waals surface area contributed by atoms with Crippen molar-refractivity contribution >= 4 is 16.0 Å². The molecular weight excluding hydrogens is 218 g/mol. The Bertz CT molecular complexity index is 334. The molecule has 0 amide bonds. The van der Waals surface area contributed by atoms with Crippen LogP contribution in [0.2, 0.25) is 0 Å². The number of esters is 1. The Morgan fingerprint density at radius 1 is 1.47 bits per heavy atom. The molecule has 88 valence electrons. The SMILES string of the molecule is C=C(C)C(=O)OCCN(C)S(=O)(=O)CC. The van der Waals surface area contributed by atoms with E-state index in [-0.39, 0.29) is 18.9 Å². The van der Waals surface area contributed by atoms with Gasteiger partial charge in [0.05, 0.1) is 5.75 Å². The van der Waals surface area contributed by atoms with Gasteiger partial charge in [-0.25, -0.2) is 17.5 Å². The summed E-state index contributed by atoms with van der Waals surface area (Å²) in [6, 6.07) is 0. The van der Waals surface area contributed by atoms with E-state index in [2.05, 4.69) is 6.58 Å². The van der Waals surface area contributed by atoms with Crippen molar-refractivity contribution in [3.05, 3.63) is 12.2 Å². The molecule has 0 atom stereocenters. The minimum atomic E-state index is -3.20. The van der Waals surface area contributed by atoms with Gasteiger partial charge in [-0.3, -0.25) is 0 Å². The zero-order valence-electron chi connectivity index (χ0n) is 9.32. The van der Waals surface area contributed by atoms with E-state index in [4.69, 9.17) is 4.74 Å². The van der Waals surface area contributed by atoms with E-state index in [1.54, 1.807) is 6.92 Å². The summed E-state index contributed by atoms with van der Waals surface area (Å²) in [5.74, 6) is -0.463. The second-order valence-corrected chi connectivity index (χ2v) is 5.50. The Kier molecular flexibility index (Phi) is 5.53. The third-order valence-electron chi connectivity index (χ3n) is 1.83. The van der Waals surface area contributed by atoms with E-state index >= 15 is 0 Å². The molecule has 0 spiro atoms. The molecule has 0 unspecified atom stereocenters. The summed E-state index contributed by atoms with van der Waals surface area (Å²) in [7, 11) is -1.74. The summed E-state index contributed by atoms with van der Waals surface area (Å²) in [6.45, 7) is 6.71. The van der Waals surface area contributed by atoms with Gasteiger partial charge in [0.25, 0.3) is 0 Å². The minimum absolute atomic E-state index is 0.0396.